The van der Waals surface area contributed by atoms with Gasteiger partial charge in [0.05, 0.1) is 12.7 Å². The van der Waals surface area contributed by atoms with E-state index in [0.29, 0.717) is 24.3 Å². The number of rotatable bonds is 6. The summed E-state index contributed by atoms with van der Waals surface area (Å²) in [7, 11) is 3.43. The van der Waals surface area contributed by atoms with E-state index in [-0.39, 0.29) is 5.78 Å². The van der Waals surface area contributed by atoms with Crippen LogP contribution >= 0.6 is 0 Å². The molecule has 16 heavy (non-hydrogen) atoms. The summed E-state index contributed by atoms with van der Waals surface area (Å²) in [5.41, 5.74) is 1.85. The van der Waals surface area contributed by atoms with Gasteiger partial charge >= 0.3 is 0 Å². The van der Waals surface area contributed by atoms with E-state index in [2.05, 4.69) is 12.2 Å². The number of benzene rings is 1. The molecule has 0 fully saturated rings. The molecule has 0 spiro atoms. The van der Waals surface area contributed by atoms with Gasteiger partial charge in [-0.05, 0) is 31.2 Å². The molecule has 0 aromatic heterocycles. The fourth-order valence-electron chi connectivity index (χ4n) is 1.57. The van der Waals surface area contributed by atoms with Crippen LogP contribution in [0.25, 0.3) is 0 Å². The van der Waals surface area contributed by atoms with E-state index in [1.807, 2.05) is 25.2 Å². The molecule has 1 aromatic rings. The van der Waals surface area contributed by atoms with E-state index in [9.17, 15) is 4.79 Å². The highest BCUT2D eigenvalue weighted by molar-refractivity contribution is 5.99. The topological polar surface area (TPSA) is 38.3 Å². The number of hydrogen-bond donors (Lipinski definition) is 1. The summed E-state index contributed by atoms with van der Waals surface area (Å²) in [4.78, 5) is 11.9. The van der Waals surface area contributed by atoms with Crippen molar-refractivity contribution in [3.8, 4) is 5.75 Å². The van der Waals surface area contributed by atoms with Crippen LogP contribution in [0.4, 0.5) is 0 Å². The van der Waals surface area contributed by atoms with Gasteiger partial charge in [-0.2, -0.15) is 0 Å². The van der Waals surface area contributed by atoms with Crippen molar-refractivity contribution in [1.82, 2.24) is 5.32 Å². The molecular weight excluding hydrogens is 202 g/mol. The highest BCUT2D eigenvalue weighted by Crippen LogP contribution is 2.21. The molecule has 0 bridgehead atoms. The van der Waals surface area contributed by atoms with Crippen molar-refractivity contribution >= 4 is 5.78 Å². The van der Waals surface area contributed by atoms with Crippen LogP contribution in [0.1, 0.15) is 29.3 Å². The van der Waals surface area contributed by atoms with Crippen LogP contribution < -0.4 is 10.1 Å². The Morgan fingerprint density at radius 3 is 2.75 bits per heavy atom. The normalized spacial score (nSPS) is 10.2. The van der Waals surface area contributed by atoms with Crippen LogP contribution in [0.2, 0.25) is 0 Å². The first kappa shape index (κ1) is 12.7. The third kappa shape index (κ3) is 3.07. The number of Topliss-reactive ketones (excluding diaryl/α,β-unsaturated/α-hetero) is 1. The Labute approximate surface area is 96.8 Å². The predicted molar refractivity (Wildman–Crippen MR) is 65.2 cm³/mol. The number of carbonyl (C=O) groups excluding carboxylic acids is 1. The van der Waals surface area contributed by atoms with Gasteiger partial charge in [0, 0.05) is 13.0 Å². The van der Waals surface area contributed by atoms with E-state index in [0.717, 1.165) is 12.0 Å². The maximum Gasteiger partial charge on any atom is 0.167 e. The number of carbonyl (C=O) groups is 1. The zero-order chi connectivity index (χ0) is 12.0. The van der Waals surface area contributed by atoms with Crippen LogP contribution in [0.5, 0.6) is 5.75 Å². The van der Waals surface area contributed by atoms with Crippen LogP contribution in [0.3, 0.4) is 0 Å². The summed E-state index contributed by atoms with van der Waals surface area (Å²) < 4.78 is 5.20. The number of hydrogen-bond acceptors (Lipinski definition) is 3. The first-order chi connectivity index (χ1) is 7.72. The number of methoxy groups -OCH3 is 1. The van der Waals surface area contributed by atoms with Gasteiger partial charge in [0.15, 0.2) is 5.78 Å². The molecule has 3 heteroatoms. The fraction of sp³-hybridized carbons (Fsp3) is 0.462. The Morgan fingerprint density at radius 1 is 1.44 bits per heavy atom. The van der Waals surface area contributed by atoms with Gasteiger partial charge in [0.2, 0.25) is 0 Å². The molecule has 0 atom stereocenters. The third-order valence-corrected chi connectivity index (χ3v) is 2.57. The third-order valence-electron chi connectivity index (χ3n) is 2.57. The molecule has 0 aliphatic carbocycles. The Bertz CT molecular complexity index is 361. The van der Waals surface area contributed by atoms with Crippen molar-refractivity contribution in [2.45, 2.75) is 19.8 Å². The monoisotopic (exact) mass is 221 g/mol. The van der Waals surface area contributed by atoms with Gasteiger partial charge in [-0.3, -0.25) is 4.79 Å². The lowest BCUT2D eigenvalue weighted by Gasteiger charge is -2.09. The highest BCUT2D eigenvalue weighted by atomic mass is 16.5. The Hall–Kier alpha value is -1.35. The van der Waals surface area contributed by atoms with Crippen LogP contribution in [-0.4, -0.2) is 26.5 Å². The molecule has 1 rings (SSSR count). The predicted octanol–water partition coefficient (Wildman–Crippen LogP) is 2.05. The molecule has 0 heterocycles. The molecule has 0 aliphatic heterocycles. The molecule has 0 radical (unpaired) electrons. The average molecular weight is 221 g/mol. The van der Waals surface area contributed by atoms with Gasteiger partial charge < -0.3 is 10.1 Å². The molecule has 0 aliphatic rings. The molecule has 0 saturated heterocycles. The molecule has 1 aromatic carbocycles. The van der Waals surface area contributed by atoms with Crippen LogP contribution in [0.15, 0.2) is 18.2 Å². The minimum Gasteiger partial charge on any atom is -0.496 e. The standard InChI is InChI=1S/C13H19NO2/c1-4-10-5-6-13(16-3)11(9-10)12(15)7-8-14-2/h5-6,9,14H,4,7-8H2,1-3H3. The van der Waals surface area contributed by atoms with Gasteiger partial charge in [-0.25, -0.2) is 0 Å². The van der Waals surface area contributed by atoms with Crippen molar-refractivity contribution in [2.24, 2.45) is 0 Å². The molecule has 1 N–H and O–H groups in total. The maximum absolute atomic E-state index is 11.9. The van der Waals surface area contributed by atoms with E-state index in [1.54, 1.807) is 7.11 Å². The smallest absolute Gasteiger partial charge is 0.167 e. The molecule has 0 saturated carbocycles. The van der Waals surface area contributed by atoms with Crippen LogP contribution in [0, 0.1) is 0 Å². The van der Waals surface area contributed by atoms with Crippen molar-refractivity contribution in [3.05, 3.63) is 29.3 Å². The van der Waals surface area contributed by atoms with Crippen LogP contribution in [-0.2, 0) is 6.42 Å². The summed E-state index contributed by atoms with van der Waals surface area (Å²) >= 11 is 0. The van der Waals surface area contributed by atoms with Crippen molar-refractivity contribution in [2.75, 3.05) is 20.7 Å². The van der Waals surface area contributed by atoms with E-state index >= 15 is 0 Å². The Kier molecular flexibility index (Phi) is 4.99. The quantitative estimate of drug-likeness (QED) is 0.747. The number of ether oxygens (including phenoxy) is 1. The Balaban J connectivity index is 2.94. The average Bonchev–Trinajstić information content (AvgIpc) is 2.35. The van der Waals surface area contributed by atoms with Gasteiger partial charge in [-0.1, -0.05) is 13.0 Å². The SMILES string of the molecule is CCc1ccc(OC)c(C(=O)CCNC)c1. The second-order valence-electron chi connectivity index (χ2n) is 3.66. The lowest BCUT2D eigenvalue weighted by molar-refractivity contribution is 0.0980. The van der Waals surface area contributed by atoms with Gasteiger partial charge in [0.1, 0.15) is 5.75 Å². The second kappa shape index (κ2) is 6.28. The number of nitrogens with one attached hydrogen (secondary N) is 1. The molecule has 0 unspecified atom stereocenters. The zero-order valence-electron chi connectivity index (χ0n) is 10.2. The van der Waals surface area contributed by atoms with Gasteiger partial charge in [-0.15, -0.1) is 0 Å². The summed E-state index contributed by atoms with van der Waals surface area (Å²) in [6, 6.07) is 5.79. The Morgan fingerprint density at radius 2 is 2.19 bits per heavy atom. The number of aryl methyl sites for hydroxylation is 1. The highest BCUT2D eigenvalue weighted by Gasteiger charge is 2.12. The van der Waals surface area contributed by atoms with E-state index < -0.39 is 0 Å². The fourth-order valence-corrected chi connectivity index (χ4v) is 1.57. The van der Waals surface area contributed by atoms with Crippen molar-refractivity contribution < 1.29 is 9.53 Å². The first-order valence-corrected chi connectivity index (χ1v) is 5.57. The van der Waals surface area contributed by atoms with Crippen molar-refractivity contribution in [1.29, 1.82) is 0 Å². The molecular formula is C13H19NO2. The first-order valence-electron chi connectivity index (χ1n) is 5.57. The van der Waals surface area contributed by atoms with E-state index in [4.69, 9.17) is 4.74 Å². The lowest BCUT2D eigenvalue weighted by Crippen LogP contribution is -2.13. The van der Waals surface area contributed by atoms with E-state index in [1.165, 1.54) is 0 Å². The van der Waals surface area contributed by atoms with Gasteiger partial charge in [0.25, 0.3) is 0 Å². The largest absolute Gasteiger partial charge is 0.496 e. The number of ketones is 1. The maximum atomic E-state index is 11.9. The second-order valence-corrected chi connectivity index (χ2v) is 3.66. The molecule has 0 amide bonds. The minimum atomic E-state index is 0.126. The molecule has 3 nitrogen and oxygen atoms in total. The zero-order valence-corrected chi connectivity index (χ0v) is 10.2. The lowest BCUT2D eigenvalue weighted by atomic mass is 10.0. The summed E-state index contributed by atoms with van der Waals surface area (Å²) in [6.45, 7) is 2.77. The summed E-state index contributed by atoms with van der Waals surface area (Å²) in [6.07, 6.45) is 1.43. The summed E-state index contributed by atoms with van der Waals surface area (Å²) in [5.74, 6) is 0.791. The molecule has 88 valence electrons. The minimum absolute atomic E-state index is 0.126. The van der Waals surface area contributed by atoms with Crippen molar-refractivity contribution in [3.63, 3.8) is 0 Å². The summed E-state index contributed by atoms with van der Waals surface area (Å²) in [5, 5.41) is 2.97.